The number of hydrogen-bond donors (Lipinski definition) is 1. The van der Waals surface area contributed by atoms with Crippen molar-refractivity contribution in [2.75, 3.05) is 18.0 Å². The van der Waals surface area contributed by atoms with Crippen molar-refractivity contribution >= 4 is 23.7 Å². The molecule has 0 bridgehead atoms. The molecular formula is C18H16N6O4. The molecule has 2 aromatic rings. The number of hydrogen-bond acceptors (Lipinski definition) is 8. The van der Waals surface area contributed by atoms with Crippen LogP contribution in [0.15, 0.2) is 45.9 Å². The number of rotatable bonds is 9. The van der Waals surface area contributed by atoms with Crippen molar-refractivity contribution in [3.8, 4) is 12.1 Å². The van der Waals surface area contributed by atoms with Gasteiger partial charge in [-0.05, 0) is 23.8 Å². The third-order valence-electron chi connectivity index (χ3n) is 3.62. The average Bonchev–Trinajstić information content (AvgIpc) is 3.19. The Labute approximate surface area is 160 Å². The molecule has 1 aromatic heterocycles. The molecule has 0 aliphatic carbocycles. The summed E-state index contributed by atoms with van der Waals surface area (Å²) in [4.78, 5) is 23.6. The normalized spacial score (nSPS) is 10.2. The van der Waals surface area contributed by atoms with Crippen LogP contribution in [0.25, 0.3) is 0 Å². The number of furan rings is 1. The summed E-state index contributed by atoms with van der Waals surface area (Å²) in [6.45, 7) is 1.05. The molecule has 0 aliphatic heterocycles. The fraction of sp³-hybridized carbons (Fsp3) is 0.222. The number of nitrogens with zero attached hydrogens (tertiary/aromatic N) is 5. The Morgan fingerprint density at radius 3 is 2.36 bits per heavy atom. The molecular weight excluding hydrogens is 364 g/mol. The van der Waals surface area contributed by atoms with E-state index in [0.29, 0.717) is 31.5 Å². The van der Waals surface area contributed by atoms with E-state index < -0.39 is 16.7 Å². The Morgan fingerprint density at radius 2 is 1.82 bits per heavy atom. The van der Waals surface area contributed by atoms with Gasteiger partial charge in [-0.2, -0.15) is 15.6 Å². The van der Waals surface area contributed by atoms with E-state index in [1.807, 2.05) is 17.0 Å². The highest BCUT2D eigenvalue weighted by atomic mass is 16.6. The van der Waals surface area contributed by atoms with Crippen molar-refractivity contribution in [2.45, 2.75) is 12.8 Å². The van der Waals surface area contributed by atoms with Gasteiger partial charge in [-0.3, -0.25) is 14.9 Å². The zero-order chi connectivity index (χ0) is 20.4. The summed E-state index contributed by atoms with van der Waals surface area (Å²) in [7, 11) is 0. The number of carbonyl (C=O) groups excluding carboxylic acids is 1. The zero-order valence-electron chi connectivity index (χ0n) is 14.7. The van der Waals surface area contributed by atoms with Crippen LogP contribution in [0.2, 0.25) is 0 Å². The van der Waals surface area contributed by atoms with E-state index in [9.17, 15) is 14.9 Å². The number of benzene rings is 1. The van der Waals surface area contributed by atoms with Crippen LogP contribution in [0.4, 0.5) is 11.6 Å². The molecule has 142 valence electrons. The highest BCUT2D eigenvalue weighted by Gasteiger charge is 2.16. The van der Waals surface area contributed by atoms with Crippen LogP contribution in [0.3, 0.4) is 0 Å². The van der Waals surface area contributed by atoms with Crippen molar-refractivity contribution in [3.05, 3.63) is 57.8 Å². The van der Waals surface area contributed by atoms with Crippen LogP contribution in [0, 0.1) is 32.8 Å². The topological polar surface area (TPSA) is 149 Å². The Kier molecular flexibility index (Phi) is 7.25. The first-order valence-corrected chi connectivity index (χ1v) is 8.21. The van der Waals surface area contributed by atoms with E-state index in [4.69, 9.17) is 14.9 Å². The monoisotopic (exact) mass is 380 g/mol. The molecule has 0 saturated heterocycles. The van der Waals surface area contributed by atoms with Gasteiger partial charge in [-0.1, -0.05) is 12.1 Å². The van der Waals surface area contributed by atoms with Crippen molar-refractivity contribution in [1.82, 2.24) is 5.43 Å². The first kappa shape index (κ1) is 20.1. The number of nitriles is 2. The quantitative estimate of drug-likeness (QED) is 0.399. The third kappa shape index (κ3) is 5.68. The molecule has 1 aromatic carbocycles. The minimum Gasteiger partial charge on any atom is -0.395 e. The van der Waals surface area contributed by atoms with Gasteiger partial charge < -0.3 is 9.32 Å². The summed E-state index contributed by atoms with van der Waals surface area (Å²) < 4.78 is 4.78. The number of anilines is 1. The second kappa shape index (κ2) is 10.1. The molecule has 0 radical (unpaired) electrons. The molecule has 1 heterocycles. The van der Waals surface area contributed by atoms with Crippen LogP contribution >= 0.6 is 0 Å². The van der Waals surface area contributed by atoms with Gasteiger partial charge in [0.1, 0.15) is 4.92 Å². The van der Waals surface area contributed by atoms with Gasteiger partial charge >= 0.3 is 11.8 Å². The molecule has 10 nitrogen and oxygen atoms in total. The predicted molar refractivity (Wildman–Crippen MR) is 99.5 cm³/mol. The molecule has 0 aliphatic rings. The summed E-state index contributed by atoms with van der Waals surface area (Å²) in [6.07, 6.45) is 2.12. The van der Waals surface area contributed by atoms with Crippen molar-refractivity contribution in [2.24, 2.45) is 5.10 Å². The van der Waals surface area contributed by atoms with Crippen LogP contribution < -0.4 is 10.3 Å². The maximum absolute atomic E-state index is 11.8. The Bertz CT molecular complexity index is 918. The van der Waals surface area contributed by atoms with Crippen LogP contribution in [-0.2, 0) is 0 Å². The standard InChI is InChI=1S/C18H16N6O4/c19-9-1-11-23(12-2-10-20)15-5-3-14(4-6-15)13-21-22-18(25)16-7-8-17(28-16)24(26)27/h3-8,13H,1-2,11-12H2,(H,22,25)/b21-13+. The molecule has 28 heavy (non-hydrogen) atoms. The number of nitrogens with one attached hydrogen (secondary N) is 1. The van der Waals surface area contributed by atoms with Gasteiger partial charge in [0.05, 0.1) is 37.3 Å². The molecule has 0 unspecified atom stereocenters. The summed E-state index contributed by atoms with van der Waals surface area (Å²) in [5.74, 6) is -1.45. The lowest BCUT2D eigenvalue weighted by atomic mass is 10.2. The van der Waals surface area contributed by atoms with E-state index in [1.54, 1.807) is 12.1 Å². The van der Waals surface area contributed by atoms with E-state index >= 15 is 0 Å². The number of nitro groups is 1. The lowest BCUT2D eigenvalue weighted by Crippen LogP contribution is -2.25. The Hall–Kier alpha value is -4.18. The van der Waals surface area contributed by atoms with E-state index in [2.05, 4.69) is 22.7 Å². The minimum absolute atomic E-state index is 0.218. The van der Waals surface area contributed by atoms with E-state index in [0.717, 1.165) is 11.8 Å². The molecule has 10 heteroatoms. The predicted octanol–water partition coefficient (Wildman–Crippen LogP) is 2.59. The van der Waals surface area contributed by atoms with E-state index in [1.165, 1.54) is 12.3 Å². The van der Waals surface area contributed by atoms with Gasteiger partial charge in [0, 0.05) is 18.8 Å². The summed E-state index contributed by atoms with van der Waals surface area (Å²) in [5, 5.41) is 31.8. The molecule has 1 amide bonds. The minimum atomic E-state index is -0.738. The molecule has 1 N–H and O–H groups in total. The average molecular weight is 380 g/mol. The van der Waals surface area contributed by atoms with Crippen LogP contribution in [0.1, 0.15) is 29.0 Å². The SMILES string of the molecule is N#CCCN(CCC#N)c1ccc(/C=N/NC(=O)c2ccc([N+](=O)[O-])o2)cc1. The molecule has 2 rings (SSSR count). The first-order chi connectivity index (χ1) is 13.5. The first-order valence-electron chi connectivity index (χ1n) is 8.21. The summed E-state index contributed by atoms with van der Waals surface area (Å²) in [6, 6.07) is 13.6. The van der Waals surface area contributed by atoms with Gasteiger partial charge in [-0.25, -0.2) is 5.43 Å². The van der Waals surface area contributed by atoms with Crippen molar-refractivity contribution in [1.29, 1.82) is 10.5 Å². The van der Waals surface area contributed by atoms with Crippen molar-refractivity contribution in [3.63, 3.8) is 0 Å². The lowest BCUT2D eigenvalue weighted by Gasteiger charge is -2.22. The fourth-order valence-corrected chi connectivity index (χ4v) is 2.28. The lowest BCUT2D eigenvalue weighted by molar-refractivity contribution is -0.402. The molecule has 0 fully saturated rings. The smallest absolute Gasteiger partial charge is 0.395 e. The molecule has 0 atom stereocenters. The van der Waals surface area contributed by atoms with Gasteiger partial charge in [0.25, 0.3) is 0 Å². The van der Waals surface area contributed by atoms with Crippen LogP contribution in [-0.4, -0.2) is 30.1 Å². The molecule has 0 saturated carbocycles. The van der Waals surface area contributed by atoms with Gasteiger partial charge in [0.2, 0.25) is 5.76 Å². The number of carbonyl (C=O) groups is 1. The maximum Gasteiger partial charge on any atom is 0.433 e. The highest BCUT2D eigenvalue weighted by molar-refractivity contribution is 5.92. The number of amides is 1. The molecule has 0 spiro atoms. The van der Waals surface area contributed by atoms with E-state index in [-0.39, 0.29) is 5.76 Å². The highest BCUT2D eigenvalue weighted by Crippen LogP contribution is 2.16. The number of hydrazone groups is 1. The summed E-state index contributed by atoms with van der Waals surface area (Å²) in [5.41, 5.74) is 3.80. The Morgan fingerprint density at radius 1 is 1.18 bits per heavy atom. The second-order valence-electron chi connectivity index (χ2n) is 5.49. The summed E-state index contributed by atoms with van der Waals surface area (Å²) >= 11 is 0. The van der Waals surface area contributed by atoms with Gasteiger partial charge in [-0.15, -0.1) is 0 Å². The van der Waals surface area contributed by atoms with Crippen molar-refractivity contribution < 1.29 is 14.1 Å². The fourth-order valence-electron chi connectivity index (χ4n) is 2.28. The van der Waals surface area contributed by atoms with Gasteiger partial charge in [0.15, 0.2) is 0 Å². The Balaban J connectivity index is 1.96. The maximum atomic E-state index is 11.8. The largest absolute Gasteiger partial charge is 0.433 e. The second-order valence-corrected chi connectivity index (χ2v) is 5.49. The van der Waals surface area contributed by atoms with Crippen LogP contribution in [0.5, 0.6) is 0 Å². The zero-order valence-corrected chi connectivity index (χ0v) is 14.7. The third-order valence-corrected chi connectivity index (χ3v) is 3.62.